The Morgan fingerprint density at radius 3 is 2.78 bits per heavy atom. The second kappa shape index (κ2) is 6.59. The Labute approximate surface area is 136 Å². The van der Waals surface area contributed by atoms with Gasteiger partial charge in [-0.25, -0.2) is 4.98 Å². The van der Waals surface area contributed by atoms with Gasteiger partial charge >= 0.3 is 0 Å². The molecule has 1 unspecified atom stereocenters. The van der Waals surface area contributed by atoms with Gasteiger partial charge in [0.2, 0.25) is 0 Å². The molecule has 0 saturated carbocycles. The van der Waals surface area contributed by atoms with E-state index in [9.17, 15) is 4.79 Å². The Morgan fingerprint density at radius 2 is 2.17 bits per heavy atom. The van der Waals surface area contributed by atoms with E-state index < -0.39 is 12.1 Å². The number of aromatic amines is 1. The van der Waals surface area contributed by atoms with Gasteiger partial charge in [-0.2, -0.15) is 0 Å². The number of ether oxygens (including phenoxy) is 1. The number of amides is 1. The maximum atomic E-state index is 11.7. The molecule has 1 atom stereocenters. The molecule has 7 nitrogen and oxygen atoms in total. The second-order valence-corrected chi connectivity index (χ2v) is 5.68. The van der Waals surface area contributed by atoms with Crippen LogP contribution in [0, 0.1) is 0 Å². The number of hydrogen-bond acceptors (Lipinski definition) is 6. The van der Waals surface area contributed by atoms with Crippen LogP contribution < -0.4 is 11.1 Å². The molecular formula is C15H15N5O2S. The number of nitrogens with zero attached hydrogens (tertiary/aromatic N) is 2. The molecule has 4 N–H and O–H groups in total. The highest BCUT2D eigenvalue weighted by atomic mass is 32.1. The lowest BCUT2D eigenvalue weighted by molar-refractivity contribution is 0.0995. The summed E-state index contributed by atoms with van der Waals surface area (Å²) in [6.45, 7) is 0. The zero-order valence-electron chi connectivity index (χ0n) is 12.3. The van der Waals surface area contributed by atoms with Crippen LogP contribution in [0.4, 0.5) is 5.00 Å². The minimum atomic E-state index is -0.592. The molecule has 23 heavy (non-hydrogen) atoms. The predicted octanol–water partition coefficient (Wildman–Crippen LogP) is 2.39. The summed E-state index contributed by atoms with van der Waals surface area (Å²) in [7, 11) is 1.58. The van der Waals surface area contributed by atoms with Gasteiger partial charge in [0, 0.05) is 31.3 Å². The first-order valence-corrected chi connectivity index (χ1v) is 7.64. The normalized spacial score (nSPS) is 12.0. The number of nitrogens with two attached hydrogens (primary N) is 1. The Hall–Kier alpha value is -2.71. The summed E-state index contributed by atoms with van der Waals surface area (Å²) in [6, 6.07) is 7.40. The largest absolute Gasteiger partial charge is 0.364 e. The Balaban J connectivity index is 1.94. The fourth-order valence-electron chi connectivity index (χ4n) is 2.09. The van der Waals surface area contributed by atoms with Crippen molar-refractivity contribution in [2.75, 3.05) is 12.4 Å². The standard InChI is InChI=1S/C15H15N5O2S/c1-22-13(10-3-2-6-18-10)20-15-11(12(16)21)19-14(23-15)9-4-7-17-8-5-9/h2-8,13,18,20H,1H3,(H2,16,21). The fraction of sp³-hybridized carbons (Fsp3) is 0.133. The first kappa shape index (κ1) is 15.2. The third kappa shape index (κ3) is 3.22. The van der Waals surface area contributed by atoms with E-state index in [2.05, 4.69) is 20.3 Å². The van der Waals surface area contributed by atoms with E-state index in [0.717, 1.165) is 11.3 Å². The molecule has 3 aromatic rings. The van der Waals surface area contributed by atoms with Crippen molar-refractivity contribution in [3.05, 3.63) is 54.2 Å². The minimum Gasteiger partial charge on any atom is -0.364 e. The molecule has 0 saturated heterocycles. The molecule has 3 rings (SSSR count). The zero-order chi connectivity index (χ0) is 16.2. The highest BCUT2D eigenvalue weighted by molar-refractivity contribution is 7.19. The molecular weight excluding hydrogens is 314 g/mol. The minimum absolute atomic E-state index is 0.190. The molecule has 0 radical (unpaired) electrons. The Kier molecular flexibility index (Phi) is 4.35. The third-order valence-electron chi connectivity index (χ3n) is 3.19. The first-order chi connectivity index (χ1) is 11.2. The van der Waals surface area contributed by atoms with Crippen molar-refractivity contribution in [3.63, 3.8) is 0 Å². The average Bonchev–Trinajstić information content (AvgIpc) is 3.23. The van der Waals surface area contributed by atoms with E-state index in [0.29, 0.717) is 10.0 Å². The van der Waals surface area contributed by atoms with Gasteiger partial charge in [-0.05, 0) is 24.3 Å². The molecule has 1 amide bonds. The van der Waals surface area contributed by atoms with Crippen LogP contribution in [0.1, 0.15) is 22.4 Å². The number of nitrogens with one attached hydrogen (secondary N) is 2. The van der Waals surface area contributed by atoms with Gasteiger partial charge < -0.3 is 20.8 Å². The smallest absolute Gasteiger partial charge is 0.270 e. The topological polar surface area (TPSA) is 106 Å². The van der Waals surface area contributed by atoms with Gasteiger partial charge in [-0.15, -0.1) is 0 Å². The monoisotopic (exact) mass is 329 g/mol. The summed E-state index contributed by atoms with van der Waals surface area (Å²) in [5, 5.41) is 4.40. The Bertz CT molecular complexity index is 786. The first-order valence-electron chi connectivity index (χ1n) is 6.82. The van der Waals surface area contributed by atoms with Crippen LogP contribution in [-0.4, -0.2) is 28.0 Å². The number of hydrogen-bond donors (Lipinski definition) is 3. The van der Waals surface area contributed by atoms with Gasteiger partial charge in [0.05, 0.1) is 5.69 Å². The van der Waals surface area contributed by atoms with Crippen molar-refractivity contribution >= 4 is 22.2 Å². The third-order valence-corrected chi connectivity index (χ3v) is 4.23. The molecule has 0 aliphatic carbocycles. The highest BCUT2D eigenvalue weighted by Gasteiger charge is 2.20. The molecule has 0 aliphatic rings. The van der Waals surface area contributed by atoms with E-state index >= 15 is 0 Å². The van der Waals surface area contributed by atoms with E-state index in [1.807, 2.05) is 24.3 Å². The van der Waals surface area contributed by atoms with Gasteiger partial charge in [0.25, 0.3) is 5.91 Å². The van der Waals surface area contributed by atoms with Crippen LogP contribution in [0.25, 0.3) is 10.6 Å². The van der Waals surface area contributed by atoms with E-state index in [1.165, 1.54) is 11.3 Å². The molecule has 0 aliphatic heterocycles. The number of pyridine rings is 1. The quantitative estimate of drug-likeness (QED) is 0.602. The number of carbonyl (C=O) groups excluding carboxylic acids is 1. The van der Waals surface area contributed by atoms with Crippen molar-refractivity contribution in [2.45, 2.75) is 6.23 Å². The lowest BCUT2D eigenvalue weighted by Crippen LogP contribution is -2.17. The molecule has 0 bridgehead atoms. The lowest BCUT2D eigenvalue weighted by atomic mass is 10.3. The summed E-state index contributed by atoms with van der Waals surface area (Å²) in [4.78, 5) is 23.1. The molecule has 0 spiro atoms. The molecule has 3 heterocycles. The lowest BCUT2D eigenvalue weighted by Gasteiger charge is -2.16. The van der Waals surface area contributed by atoms with Crippen LogP contribution in [0.15, 0.2) is 42.9 Å². The van der Waals surface area contributed by atoms with Gasteiger partial charge in [0.1, 0.15) is 10.0 Å². The molecule has 3 aromatic heterocycles. The molecule has 0 fully saturated rings. The van der Waals surface area contributed by atoms with E-state index in [1.54, 1.807) is 25.7 Å². The summed E-state index contributed by atoms with van der Waals surface area (Å²) in [6.07, 6.45) is 4.71. The zero-order valence-corrected chi connectivity index (χ0v) is 13.1. The summed E-state index contributed by atoms with van der Waals surface area (Å²) < 4.78 is 5.42. The molecule has 118 valence electrons. The van der Waals surface area contributed by atoms with Crippen molar-refractivity contribution < 1.29 is 9.53 Å². The summed E-state index contributed by atoms with van der Waals surface area (Å²) in [5.74, 6) is -0.592. The van der Waals surface area contributed by atoms with Crippen LogP contribution >= 0.6 is 11.3 Å². The fourth-order valence-corrected chi connectivity index (χ4v) is 3.09. The molecule has 0 aromatic carbocycles. The van der Waals surface area contributed by atoms with Gasteiger partial charge in [-0.1, -0.05) is 11.3 Å². The predicted molar refractivity (Wildman–Crippen MR) is 88.0 cm³/mol. The maximum absolute atomic E-state index is 11.7. The summed E-state index contributed by atoms with van der Waals surface area (Å²) >= 11 is 1.34. The number of thiazole rings is 1. The highest BCUT2D eigenvalue weighted by Crippen LogP contribution is 2.34. The number of H-pyrrole nitrogens is 1. The summed E-state index contributed by atoms with van der Waals surface area (Å²) in [5.41, 5.74) is 7.34. The second-order valence-electron chi connectivity index (χ2n) is 4.68. The number of primary amides is 1. The van der Waals surface area contributed by atoms with E-state index in [-0.39, 0.29) is 5.69 Å². The number of anilines is 1. The van der Waals surface area contributed by atoms with Gasteiger partial charge in [-0.3, -0.25) is 9.78 Å². The van der Waals surface area contributed by atoms with Crippen LogP contribution in [-0.2, 0) is 4.74 Å². The van der Waals surface area contributed by atoms with Crippen molar-refractivity contribution in [1.29, 1.82) is 0 Å². The van der Waals surface area contributed by atoms with Crippen molar-refractivity contribution in [3.8, 4) is 10.6 Å². The van der Waals surface area contributed by atoms with Gasteiger partial charge in [0.15, 0.2) is 11.9 Å². The molecule has 8 heteroatoms. The van der Waals surface area contributed by atoms with Crippen LogP contribution in [0.3, 0.4) is 0 Å². The average molecular weight is 329 g/mol. The SMILES string of the molecule is COC(Nc1sc(-c2ccncc2)nc1C(N)=O)c1ccc[nH]1. The number of aromatic nitrogens is 3. The van der Waals surface area contributed by atoms with Crippen molar-refractivity contribution in [2.24, 2.45) is 5.73 Å². The number of rotatable bonds is 6. The van der Waals surface area contributed by atoms with Crippen LogP contribution in [0.2, 0.25) is 0 Å². The van der Waals surface area contributed by atoms with E-state index in [4.69, 9.17) is 10.5 Å². The van der Waals surface area contributed by atoms with Crippen molar-refractivity contribution in [1.82, 2.24) is 15.0 Å². The number of methoxy groups -OCH3 is 1. The number of carbonyl (C=O) groups is 1. The Morgan fingerprint density at radius 1 is 1.39 bits per heavy atom. The van der Waals surface area contributed by atoms with Crippen LogP contribution in [0.5, 0.6) is 0 Å². The maximum Gasteiger partial charge on any atom is 0.270 e.